The molecule has 0 unspecified atom stereocenters. The lowest BCUT2D eigenvalue weighted by molar-refractivity contribution is 0.423. The quantitative estimate of drug-likeness (QED) is 0.822. The Kier molecular flexibility index (Phi) is 2.63. The minimum atomic E-state index is -1.57. The van der Waals surface area contributed by atoms with E-state index in [9.17, 15) is 13.2 Å². The van der Waals surface area contributed by atoms with E-state index in [1.807, 2.05) is 0 Å². The molecule has 2 N–H and O–H groups in total. The number of hydrogen-bond acceptors (Lipinski definition) is 3. The Hall–Kier alpha value is -1.50. The molecule has 3 nitrogen and oxygen atoms in total. The molecular formula is C9H4BrF3N2O. The molecule has 2 aromatic rings. The number of halogens is 4. The number of nitrogens with zero attached hydrogens (tertiary/aromatic N) is 1. The van der Waals surface area contributed by atoms with Crippen LogP contribution in [0.1, 0.15) is 0 Å². The zero-order valence-electron chi connectivity index (χ0n) is 7.60. The highest BCUT2D eigenvalue weighted by molar-refractivity contribution is 9.10. The van der Waals surface area contributed by atoms with E-state index in [2.05, 4.69) is 21.1 Å². The van der Waals surface area contributed by atoms with Gasteiger partial charge in [0, 0.05) is 0 Å². The van der Waals surface area contributed by atoms with Crippen LogP contribution in [-0.4, -0.2) is 5.16 Å². The fourth-order valence-electron chi connectivity index (χ4n) is 1.16. The van der Waals surface area contributed by atoms with Crippen LogP contribution in [0.25, 0.3) is 11.3 Å². The van der Waals surface area contributed by atoms with E-state index < -0.39 is 17.5 Å². The maximum Gasteiger partial charge on any atom is 0.195 e. The minimum absolute atomic E-state index is 0.000803. The Morgan fingerprint density at radius 3 is 2.44 bits per heavy atom. The molecule has 0 fully saturated rings. The molecule has 16 heavy (non-hydrogen) atoms. The van der Waals surface area contributed by atoms with Crippen molar-refractivity contribution in [2.75, 3.05) is 5.73 Å². The van der Waals surface area contributed by atoms with Gasteiger partial charge in [-0.25, -0.2) is 13.2 Å². The van der Waals surface area contributed by atoms with Gasteiger partial charge in [0.05, 0.1) is 5.56 Å². The summed E-state index contributed by atoms with van der Waals surface area (Å²) in [5.41, 5.74) is 5.10. The molecule has 7 heteroatoms. The molecule has 1 heterocycles. The van der Waals surface area contributed by atoms with Crippen molar-refractivity contribution in [3.05, 3.63) is 34.1 Å². The third kappa shape index (κ3) is 1.57. The summed E-state index contributed by atoms with van der Waals surface area (Å²) in [5, 5.41) is 3.36. The molecule has 1 aromatic carbocycles. The molecule has 0 saturated heterocycles. The molecule has 2 rings (SSSR count). The van der Waals surface area contributed by atoms with E-state index in [1.54, 1.807) is 0 Å². The van der Waals surface area contributed by atoms with Gasteiger partial charge >= 0.3 is 0 Å². The first-order valence-electron chi connectivity index (χ1n) is 4.07. The fourth-order valence-corrected chi connectivity index (χ4v) is 1.52. The van der Waals surface area contributed by atoms with Crippen molar-refractivity contribution in [1.29, 1.82) is 0 Å². The Morgan fingerprint density at radius 1 is 1.19 bits per heavy atom. The van der Waals surface area contributed by atoms with Crippen molar-refractivity contribution in [3.8, 4) is 11.3 Å². The van der Waals surface area contributed by atoms with Gasteiger partial charge in [0.25, 0.3) is 0 Å². The summed E-state index contributed by atoms with van der Waals surface area (Å²) in [6.07, 6.45) is 0. The molecule has 0 saturated carbocycles. The van der Waals surface area contributed by atoms with Crippen molar-refractivity contribution in [1.82, 2.24) is 5.16 Å². The highest BCUT2D eigenvalue weighted by Crippen LogP contribution is 2.34. The van der Waals surface area contributed by atoms with Gasteiger partial charge in [0.15, 0.2) is 29.0 Å². The minimum Gasteiger partial charge on any atom is -0.380 e. The molecule has 0 bridgehead atoms. The normalized spacial score (nSPS) is 10.8. The lowest BCUT2D eigenvalue weighted by Crippen LogP contribution is -1.93. The molecular weight excluding hydrogens is 289 g/mol. The summed E-state index contributed by atoms with van der Waals surface area (Å²) < 4.78 is 43.9. The second-order valence-electron chi connectivity index (χ2n) is 2.93. The third-order valence-corrected chi connectivity index (χ3v) is 2.71. The van der Waals surface area contributed by atoms with Crippen LogP contribution in [-0.2, 0) is 0 Å². The number of nitrogen functional groups attached to an aromatic ring is 1. The topological polar surface area (TPSA) is 52.0 Å². The van der Waals surface area contributed by atoms with Crippen LogP contribution in [0.5, 0.6) is 0 Å². The number of aromatic nitrogens is 1. The van der Waals surface area contributed by atoms with Crippen molar-refractivity contribution >= 4 is 21.7 Å². The monoisotopic (exact) mass is 292 g/mol. The highest BCUT2D eigenvalue weighted by Gasteiger charge is 2.21. The van der Waals surface area contributed by atoms with Crippen LogP contribution in [0.15, 0.2) is 21.1 Å². The first-order chi connectivity index (χ1) is 7.52. The maximum absolute atomic E-state index is 13.4. The Labute approximate surface area is 96.2 Å². The third-order valence-electron chi connectivity index (χ3n) is 1.94. The van der Waals surface area contributed by atoms with Gasteiger partial charge in [0.2, 0.25) is 0 Å². The smallest absolute Gasteiger partial charge is 0.195 e. The van der Waals surface area contributed by atoms with Crippen LogP contribution in [0.2, 0.25) is 0 Å². The van der Waals surface area contributed by atoms with E-state index in [0.29, 0.717) is 0 Å². The summed E-state index contributed by atoms with van der Waals surface area (Å²) in [5.74, 6) is -4.28. The number of rotatable bonds is 1. The number of benzene rings is 1. The van der Waals surface area contributed by atoms with Gasteiger partial charge in [-0.2, -0.15) is 0 Å². The number of hydrogen-bond donors (Lipinski definition) is 1. The van der Waals surface area contributed by atoms with Crippen LogP contribution in [0.4, 0.5) is 19.0 Å². The molecule has 0 amide bonds. The van der Waals surface area contributed by atoms with Crippen molar-refractivity contribution in [3.63, 3.8) is 0 Å². The molecule has 0 aliphatic rings. The van der Waals surface area contributed by atoms with Crippen LogP contribution < -0.4 is 5.73 Å². The van der Waals surface area contributed by atoms with Gasteiger partial charge in [-0.3, -0.25) is 0 Å². The molecule has 0 aliphatic carbocycles. The van der Waals surface area contributed by atoms with E-state index in [1.165, 1.54) is 0 Å². The zero-order chi connectivity index (χ0) is 11.9. The largest absolute Gasteiger partial charge is 0.380 e. The van der Waals surface area contributed by atoms with Crippen molar-refractivity contribution in [2.24, 2.45) is 0 Å². The van der Waals surface area contributed by atoms with Gasteiger partial charge in [0.1, 0.15) is 4.47 Å². The Balaban J connectivity index is 2.66. The molecule has 84 valence electrons. The molecule has 0 radical (unpaired) electrons. The molecule has 0 aliphatic heterocycles. The summed E-state index contributed by atoms with van der Waals surface area (Å²) in [6.45, 7) is 0. The summed E-state index contributed by atoms with van der Waals surface area (Å²) in [4.78, 5) is 0. The standard InChI is InChI=1S/C9H4BrF3N2O/c10-5-8(16-15-9(5)14)3-1-2-4(11)7(13)6(3)12/h1-2H,(H2,14,15). The van der Waals surface area contributed by atoms with Gasteiger partial charge in [-0.1, -0.05) is 5.16 Å². The molecule has 1 aromatic heterocycles. The van der Waals surface area contributed by atoms with Crippen molar-refractivity contribution < 1.29 is 17.7 Å². The van der Waals surface area contributed by atoms with Crippen molar-refractivity contribution in [2.45, 2.75) is 0 Å². The molecule has 0 spiro atoms. The van der Waals surface area contributed by atoms with Crippen LogP contribution in [0, 0.1) is 17.5 Å². The zero-order valence-corrected chi connectivity index (χ0v) is 9.19. The lowest BCUT2D eigenvalue weighted by atomic mass is 10.1. The van der Waals surface area contributed by atoms with Gasteiger partial charge in [-0.15, -0.1) is 0 Å². The van der Waals surface area contributed by atoms with Crippen LogP contribution >= 0.6 is 15.9 Å². The van der Waals surface area contributed by atoms with Gasteiger partial charge < -0.3 is 10.3 Å². The Morgan fingerprint density at radius 2 is 1.88 bits per heavy atom. The first-order valence-corrected chi connectivity index (χ1v) is 4.86. The average molecular weight is 293 g/mol. The Bertz CT molecular complexity index is 556. The average Bonchev–Trinajstić information content (AvgIpc) is 2.58. The number of anilines is 1. The van der Waals surface area contributed by atoms with E-state index in [-0.39, 0.29) is 21.6 Å². The summed E-state index contributed by atoms with van der Waals surface area (Å²) in [7, 11) is 0. The lowest BCUT2D eigenvalue weighted by Gasteiger charge is -2.01. The SMILES string of the molecule is Nc1noc(-c2ccc(F)c(F)c2F)c1Br. The molecule has 0 atom stereocenters. The van der Waals surface area contributed by atoms with Crippen LogP contribution in [0.3, 0.4) is 0 Å². The maximum atomic E-state index is 13.4. The fraction of sp³-hybridized carbons (Fsp3) is 0. The van der Waals surface area contributed by atoms with E-state index in [4.69, 9.17) is 10.3 Å². The van der Waals surface area contributed by atoms with E-state index in [0.717, 1.165) is 12.1 Å². The predicted octanol–water partition coefficient (Wildman–Crippen LogP) is 3.10. The predicted molar refractivity (Wildman–Crippen MR) is 53.9 cm³/mol. The second kappa shape index (κ2) is 3.82. The summed E-state index contributed by atoms with van der Waals surface area (Å²) in [6, 6.07) is 1.83. The second-order valence-corrected chi connectivity index (χ2v) is 3.73. The summed E-state index contributed by atoms with van der Waals surface area (Å²) >= 11 is 3.00. The first kappa shape index (κ1) is 11.0. The van der Waals surface area contributed by atoms with E-state index >= 15 is 0 Å². The number of nitrogens with two attached hydrogens (primary N) is 1. The van der Waals surface area contributed by atoms with Gasteiger partial charge in [-0.05, 0) is 28.1 Å². The highest BCUT2D eigenvalue weighted by atomic mass is 79.9.